The maximum atomic E-state index is 12.3. The molecule has 0 spiro atoms. The molecule has 1 atom stereocenters. The number of carbonyl (C=O) groups is 2. The van der Waals surface area contributed by atoms with Gasteiger partial charge in [0.05, 0.1) is 12.5 Å². The van der Waals surface area contributed by atoms with Gasteiger partial charge in [-0.15, -0.1) is 12.4 Å². The van der Waals surface area contributed by atoms with E-state index in [9.17, 15) is 9.59 Å². The van der Waals surface area contributed by atoms with Crippen molar-refractivity contribution >= 4 is 35.6 Å². The lowest BCUT2D eigenvalue weighted by Crippen LogP contribution is -2.24. The molecule has 0 aliphatic carbocycles. The number of halogens is 1. The van der Waals surface area contributed by atoms with E-state index in [0.29, 0.717) is 30.1 Å². The molecule has 3 rings (SSSR count). The molecule has 0 bridgehead atoms. The molecule has 1 aliphatic heterocycles. The van der Waals surface area contributed by atoms with Gasteiger partial charge in [-0.2, -0.15) is 0 Å². The van der Waals surface area contributed by atoms with E-state index in [-0.39, 0.29) is 30.1 Å². The fourth-order valence-corrected chi connectivity index (χ4v) is 2.83. The molecule has 7 heteroatoms. The third kappa shape index (κ3) is 5.70. The Morgan fingerprint density at radius 1 is 1.04 bits per heavy atom. The van der Waals surface area contributed by atoms with Gasteiger partial charge in [-0.1, -0.05) is 0 Å². The van der Waals surface area contributed by atoms with Crippen molar-refractivity contribution in [2.45, 2.75) is 13.3 Å². The summed E-state index contributed by atoms with van der Waals surface area (Å²) in [5, 5.41) is 8.91. The Hall–Kier alpha value is -2.57. The molecule has 2 amide bonds. The number of benzene rings is 2. The largest absolute Gasteiger partial charge is 0.494 e. The molecule has 3 N–H and O–H groups in total. The van der Waals surface area contributed by atoms with Crippen molar-refractivity contribution in [2.24, 2.45) is 5.92 Å². The summed E-state index contributed by atoms with van der Waals surface area (Å²) in [6, 6.07) is 14.1. The Morgan fingerprint density at radius 3 is 2.26 bits per heavy atom. The Bertz CT molecular complexity index is 757. The van der Waals surface area contributed by atoms with Crippen LogP contribution in [0.5, 0.6) is 5.75 Å². The maximum Gasteiger partial charge on any atom is 0.255 e. The minimum Gasteiger partial charge on any atom is -0.494 e. The molecule has 6 nitrogen and oxygen atoms in total. The molecule has 1 saturated heterocycles. The molecule has 1 aliphatic rings. The summed E-state index contributed by atoms with van der Waals surface area (Å²) in [6.07, 6.45) is 0.856. The Balaban J connectivity index is 0.00000261. The second-order valence-corrected chi connectivity index (χ2v) is 6.17. The van der Waals surface area contributed by atoms with E-state index >= 15 is 0 Å². The first kappa shape index (κ1) is 20.7. The van der Waals surface area contributed by atoms with Crippen molar-refractivity contribution in [1.29, 1.82) is 0 Å². The van der Waals surface area contributed by atoms with Crippen LogP contribution in [0.15, 0.2) is 48.5 Å². The van der Waals surface area contributed by atoms with Crippen LogP contribution in [0.2, 0.25) is 0 Å². The molecular formula is C20H24ClN3O3. The van der Waals surface area contributed by atoms with Gasteiger partial charge in [-0.25, -0.2) is 0 Å². The molecule has 2 aromatic carbocycles. The smallest absolute Gasteiger partial charge is 0.255 e. The van der Waals surface area contributed by atoms with Crippen LogP contribution in [-0.4, -0.2) is 31.5 Å². The lowest BCUT2D eigenvalue weighted by molar-refractivity contribution is -0.119. The topological polar surface area (TPSA) is 79.5 Å². The fourth-order valence-electron chi connectivity index (χ4n) is 2.83. The van der Waals surface area contributed by atoms with E-state index in [0.717, 1.165) is 18.7 Å². The van der Waals surface area contributed by atoms with E-state index in [1.165, 1.54) is 0 Å². The van der Waals surface area contributed by atoms with E-state index in [1.54, 1.807) is 36.4 Å². The van der Waals surface area contributed by atoms with E-state index in [4.69, 9.17) is 4.74 Å². The Labute approximate surface area is 165 Å². The van der Waals surface area contributed by atoms with E-state index < -0.39 is 0 Å². The maximum absolute atomic E-state index is 12.3. The van der Waals surface area contributed by atoms with Gasteiger partial charge in [0.25, 0.3) is 5.91 Å². The van der Waals surface area contributed by atoms with Gasteiger partial charge >= 0.3 is 0 Å². The zero-order valence-corrected chi connectivity index (χ0v) is 16.0. The van der Waals surface area contributed by atoms with Gasteiger partial charge in [-0.05, 0) is 68.4 Å². The van der Waals surface area contributed by atoms with Crippen molar-refractivity contribution in [1.82, 2.24) is 5.32 Å². The van der Waals surface area contributed by atoms with Gasteiger partial charge < -0.3 is 20.7 Å². The molecule has 0 aromatic heterocycles. The fraction of sp³-hybridized carbons (Fsp3) is 0.300. The lowest BCUT2D eigenvalue weighted by atomic mass is 10.1. The third-order valence-electron chi connectivity index (χ3n) is 4.27. The zero-order valence-electron chi connectivity index (χ0n) is 15.2. The van der Waals surface area contributed by atoms with E-state index in [2.05, 4.69) is 16.0 Å². The van der Waals surface area contributed by atoms with Crippen LogP contribution < -0.4 is 20.7 Å². The van der Waals surface area contributed by atoms with Crippen molar-refractivity contribution in [3.63, 3.8) is 0 Å². The minimum atomic E-state index is -0.202. The second-order valence-electron chi connectivity index (χ2n) is 6.17. The highest BCUT2D eigenvalue weighted by Gasteiger charge is 2.22. The minimum absolute atomic E-state index is 0. The van der Waals surface area contributed by atoms with Crippen LogP contribution in [0.1, 0.15) is 23.7 Å². The Kier molecular flexibility index (Phi) is 7.64. The molecule has 0 radical (unpaired) electrons. The van der Waals surface area contributed by atoms with Gasteiger partial charge in [0.2, 0.25) is 5.91 Å². The first-order chi connectivity index (χ1) is 12.7. The van der Waals surface area contributed by atoms with Crippen LogP contribution in [-0.2, 0) is 4.79 Å². The number of hydrogen-bond donors (Lipinski definition) is 3. The number of rotatable bonds is 6. The summed E-state index contributed by atoms with van der Waals surface area (Å²) in [6.45, 7) is 4.12. The predicted octanol–water partition coefficient (Wildman–Crippen LogP) is 3.31. The van der Waals surface area contributed by atoms with Crippen LogP contribution in [0, 0.1) is 5.92 Å². The molecule has 0 saturated carbocycles. The third-order valence-corrected chi connectivity index (χ3v) is 4.27. The molecule has 2 aromatic rings. The quantitative estimate of drug-likeness (QED) is 0.708. The number of anilines is 2. The van der Waals surface area contributed by atoms with Crippen LogP contribution in [0.4, 0.5) is 11.4 Å². The predicted molar refractivity (Wildman–Crippen MR) is 109 cm³/mol. The standard InChI is InChI=1S/C20H23N3O3.ClH/c1-2-26-18-9-7-17(8-10-18)22-19(24)14-3-5-16(6-4-14)23-20(25)15-11-12-21-13-15;/h3-10,15,21H,2,11-13H2,1H3,(H,22,24)(H,23,25);1H. The normalized spacial score (nSPS) is 15.5. The van der Waals surface area contributed by atoms with Gasteiger partial charge in [0, 0.05) is 23.5 Å². The van der Waals surface area contributed by atoms with Crippen LogP contribution in [0.3, 0.4) is 0 Å². The second kappa shape index (κ2) is 9.94. The molecular weight excluding hydrogens is 366 g/mol. The average molecular weight is 390 g/mol. The monoisotopic (exact) mass is 389 g/mol. The highest BCUT2D eigenvalue weighted by Crippen LogP contribution is 2.18. The summed E-state index contributed by atoms with van der Waals surface area (Å²) in [7, 11) is 0. The van der Waals surface area contributed by atoms with E-state index in [1.807, 2.05) is 19.1 Å². The SMILES string of the molecule is CCOc1ccc(NC(=O)c2ccc(NC(=O)C3CCNC3)cc2)cc1.Cl. The van der Waals surface area contributed by atoms with Gasteiger partial charge in [0.15, 0.2) is 0 Å². The molecule has 1 unspecified atom stereocenters. The Morgan fingerprint density at radius 2 is 1.67 bits per heavy atom. The summed E-state index contributed by atoms with van der Waals surface area (Å²) >= 11 is 0. The summed E-state index contributed by atoms with van der Waals surface area (Å²) in [5.74, 6) is 0.592. The highest BCUT2D eigenvalue weighted by atomic mass is 35.5. The number of carbonyl (C=O) groups excluding carboxylic acids is 2. The van der Waals surface area contributed by atoms with Crippen molar-refractivity contribution in [2.75, 3.05) is 30.3 Å². The molecule has 27 heavy (non-hydrogen) atoms. The van der Waals surface area contributed by atoms with Crippen molar-refractivity contribution in [3.05, 3.63) is 54.1 Å². The first-order valence-corrected chi connectivity index (χ1v) is 8.81. The summed E-state index contributed by atoms with van der Waals surface area (Å²) in [4.78, 5) is 24.4. The molecule has 144 valence electrons. The number of hydrogen-bond acceptors (Lipinski definition) is 4. The zero-order chi connectivity index (χ0) is 18.4. The summed E-state index contributed by atoms with van der Waals surface area (Å²) < 4.78 is 5.38. The number of nitrogens with one attached hydrogen (secondary N) is 3. The lowest BCUT2D eigenvalue weighted by Gasteiger charge is -2.11. The number of amides is 2. The van der Waals surface area contributed by atoms with Crippen molar-refractivity contribution < 1.29 is 14.3 Å². The highest BCUT2D eigenvalue weighted by molar-refractivity contribution is 6.04. The molecule has 1 heterocycles. The number of ether oxygens (including phenoxy) is 1. The summed E-state index contributed by atoms with van der Waals surface area (Å²) in [5.41, 5.74) is 1.92. The van der Waals surface area contributed by atoms with Crippen molar-refractivity contribution in [3.8, 4) is 5.75 Å². The van der Waals surface area contributed by atoms with Crippen LogP contribution >= 0.6 is 12.4 Å². The van der Waals surface area contributed by atoms with Crippen LogP contribution in [0.25, 0.3) is 0 Å². The first-order valence-electron chi connectivity index (χ1n) is 8.81. The van der Waals surface area contributed by atoms with Gasteiger partial charge in [-0.3, -0.25) is 9.59 Å². The van der Waals surface area contributed by atoms with Gasteiger partial charge in [0.1, 0.15) is 5.75 Å². The average Bonchev–Trinajstić information content (AvgIpc) is 3.19. The molecule has 1 fully saturated rings.